The quantitative estimate of drug-likeness (QED) is 0.849. The Hall–Kier alpha value is -1.63. The number of nitrogens with two attached hydrogens (primary N) is 1. The third kappa shape index (κ3) is 4.71. The van der Waals surface area contributed by atoms with E-state index in [1.807, 2.05) is 28.9 Å². The number of benzene rings is 1. The van der Waals surface area contributed by atoms with Crippen molar-refractivity contribution in [2.45, 2.75) is 44.1 Å². The summed E-state index contributed by atoms with van der Waals surface area (Å²) < 4.78 is 1.84. The van der Waals surface area contributed by atoms with Gasteiger partial charge in [0.15, 0.2) is 5.82 Å². The molecule has 6 nitrogen and oxygen atoms in total. The van der Waals surface area contributed by atoms with Gasteiger partial charge in [0.1, 0.15) is 5.82 Å². The van der Waals surface area contributed by atoms with E-state index in [0.717, 1.165) is 37.2 Å². The van der Waals surface area contributed by atoms with E-state index in [1.54, 1.807) is 7.05 Å². The predicted molar refractivity (Wildman–Crippen MR) is 101 cm³/mol. The maximum atomic E-state index is 11.7. The van der Waals surface area contributed by atoms with E-state index in [0.29, 0.717) is 16.8 Å². The number of aromatic nitrogens is 3. The first-order valence-electron chi connectivity index (χ1n) is 8.24. The van der Waals surface area contributed by atoms with Gasteiger partial charge in [0.05, 0.1) is 12.1 Å². The number of nitrogens with one attached hydrogen (secondary N) is 1. The van der Waals surface area contributed by atoms with Crippen molar-refractivity contribution in [3.63, 3.8) is 0 Å². The van der Waals surface area contributed by atoms with Gasteiger partial charge in [0.25, 0.3) is 0 Å². The highest BCUT2D eigenvalue weighted by Crippen LogP contribution is 2.32. The molecule has 1 aromatic carbocycles. The lowest BCUT2D eigenvalue weighted by Gasteiger charge is -2.25. The second-order valence-corrected chi connectivity index (χ2v) is 6.67. The van der Waals surface area contributed by atoms with Crippen LogP contribution in [-0.4, -0.2) is 33.8 Å². The highest BCUT2D eigenvalue weighted by Gasteiger charge is 2.26. The van der Waals surface area contributed by atoms with Crippen molar-refractivity contribution in [1.82, 2.24) is 20.1 Å². The van der Waals surface area contributed by atoms with Crippen molar-refractivity contribution in [2.24, 2.45) is 5.73 Å². The molecule has 1 aromatic heterocycles. The number of halogens is 2. The highest BCUT2D eigenvalue weighted by atomic mass is 35.5. The molecule has 0 radical (unpaired) electrons. The lowest BCUT2D eigenvalue weighted by atomic mass is 9.86. The zero-order valence-corrected chi connectivity index (χ0v) is 15.7. The molecule has 0 saturated heterocycles. The van der Waals surface area contributed by atoms with Gasteiger partial charge in [-0.05, 0) is 49.9 Å². The Morgan fingerprint density at radius 3 is 2.52 bits per heavy atom. The summed E-state index contributed by atoms with van der Waals surface area (Å²) in [5.74, 6) is 1.66. The molecule has 0 aliphatic heterocycles. The van der Waals surface area contributed by atoms with Crippen molar-refractivity contribution in [3.05, 3.63) is 40.9 Å². The molecular weight excluding hydrogens is 361 g/mol. The minimum Gasteiger partial charge on any atom is -0.359 e. The summed E-state index contributed by atoms with van der Waals surface area (Å²) in [7, 11) is 1.61. The van der Waals surface area contributed by atoms with Gasteiger partial charge in [-0.25, -0.2) is 9.67 Å². The lowest BCUT2D eigenvalue weighted by molar-refractivity contribution is -0.120. The largest absolute Gasteiger partial charge is 0.359 e. The fraction of sp³-hybridized carbons (Fsp3) is 0.471. The van der Waals surface area contributed by atoms with Gasteiger partial charge >= 0.3 is 0 Å². The molecule has 8 heteroatoms. The monoisotopic (exact) mass is 383 g/mol. The minimum atomic E-state index is -0.0968. The normalized spacial score (nSPS) is 20.0. The van der Waals surface area contributed by atoms with Crippen LogP contribution < -0.4 is 11.1 Å². The topological polar surface area (TPSA) is 85.8 Å². The van der Waals surface area contributed by atoms with Gasteiger partial charge in [-0.3, -0.25) is 4.79 Å². The van der Waals surface area contributed by atoms with Crippen molar-refractivity contribution < 1.29 is 4.79 Å². The molecule has 1 heterocycles. The van der Waals surface area contributed by atoms with Crippen LogP contribution in [0.2, 0.25) is 5.02 Å². The van der Waals surface area contributed by atoms with Crippen LogP contribution >= 0.6 is 24.0 Å². The number of likely N-dealkylation sites (N-methyl/N-ethyl adjacent to an activating group) is 1. The highest BCUT2D eigenvalue weighted by molar-refractivity contribution is 6.30. The molecule has 1 saturated carbocycles. The molecular formula is C17H23Cl2N5O. The van der Waals surface area contributed by atoms with Crippen LogP contribution in [0, 0.1) is 0 Å². The Bertz CT molecular complexity index is 708. The molecule has 25 heavy (non-hydrogen) atoms. The summed E-state index contributed by atoms with van der Waals surface area (Å²) in [6.07, 6.45) is 4.14. The number of nitrogens with zero attached hydrogens (tertiary/aromatic N) is 3. The molecule has 0 spiro atoms. The molecule has 2 aromatic rings. The van der Waals surface area contributed by atoms with Crippen LogP contribution in [0.15, 0.2) is 24.3 Å². The summed E-state index contributed by atoms with van der Waals surface area (Å²) in [4.78, 5) is 16.3. The average Bonchev–Trinajstić information content (AvgIpc) is 2.99. The molecule has 0 bridgehead atoms. The Kier molecular flexibility index (Phi) is 6.81. The van der Waals surface area contributed by atoms with Crippen LogP contribution in [0.1, 0.15) is 43.3 Å². The van der Waals surface area contributed by atoms with E-state index in [2.05, 4.69) is 15.4 Å². The molecule has 1 fully saturated rings. The van der Waals surface area contributed by atoms with Crippen molar-refractivity contribution in [3.8, 4) is 5.69 Å². The summed E-state index contributed by atoms with van der Waals surface area (Å²) in [5.41, 5.74) is 6.92. The van der Waals surface area contributed by atoms with E-state index in [4.69, 9.17) is 17.3 Å². The van der Waals surface area contributed by atoms with Crippen LogP contribution in [0.3, 0.4) is 0 Å². The Morgan fingerprint density at radius 1 is 1.28 bits per heavy atom. The van der Waals surface area contributed by atoms with Crippen LogP contribution in [0.5, 0.6) is 0 Å². The van der Waals surface area contributed by atoms with Gasteiger partial charge < -0.3 is 11.1 Å². The predicted octanol–water partition coefficient (Wildman–Crippen LogP) is 2.62. The van der Waals surface area contributed by atoms with Crippen molar-refractivity contribution >= 4 is 29.9 Å². The van der Waals surface area contributed by atoms with Crippen LogP contribution in [0.25, 0.3) is 5.69 Å². The number of hydrogen-bond donors (Lipinski definition) is 2. The van der Waals surface area contributed by atoms with Gasteiger partial charge in [-0.15, -0.1) is 12.4 Å². The zero-order valence-electron chi connectivity index (χ0n) is 14.1. The molecule has 136 valence electrons. The first-order valence-corrected chi connectivity index (χ1v) is 8.62. The number of amides is 1. The zero-order chi connectivity index (χ0) is 17.1. The third-order valence-corrected chi connectivity index (χ3v) is 4.73. The molecule has 0 atom stereocenters. The standard InChI is InChI=1S/C17H22ClN5O.ClH/c1-20-16(24)10-15-21-17(11-2-6-13(19)7-3-11)23(22-15)14-8-4-12(18)5-9-14;/h4-5,8-9,11,13H,2-3,6-7,10,19H2,1H3,(H,20,24);1H. The van der Waals surface area contributed by atoms with Gasteiger partial charge in [0, 0.05) is 24.0 Å². The van der Waals surface area contributed by atoms with E-state index in [1.165, 1.54) is 0 Å². The lowest BCUT2D eigenvalue weighted by Crippen LogP contribution is -2.26. The molecule has 3 N–H and O–H groups in total. The molecule has 1 amide bonds. The summed E-state index contributed by atoms with van der Waals surface area (Å²) >= 11 is 5.98. The van der Waals surface area contributed by atoms with Gasteiger partial charge in [-0.1, -0.05) is 11.6 Å². The average molecular weight is 384 g/mol. The second kappa shape index (κ2) is 8.65. The molecule has 3 rings (SSSR count). The van der Waals surface area contributed by atoms with E-state index in [-0.39, 0.29) is 30.8 Å². The molecule has 0 unspecified atom stereocenters. The summed E-state index contributed by atoms with van der Waals surface area (Å²) in [6, 6.07) is 7.77. The molecule has 1 aliphatic rings. The minimum absolute atomic E-state index is 0. The van der Waals surface area contributed by atoms with E-state index >= 15 is 0 Å². The number of hydrogen-bond acceptors (Lipinski definition) is 4. The second-order valence-electron chi connectivity index (χ2n) is 6.24. The summed E-state index contributed by atoms with van der Waals surface area (Å²) in [5, 5.41) is 7.85. The van der Waals surface area contributed by atoms with Gasteiger partial charge in [-0.2, -0.15) is 5.10 Å². The maximum absolute atomic E-state index is 11.7. The van der Waals surface area contributed by atoms with Crippen molar-refractivity contribution in [2.75, 3.05) is 7.05 Å². The van der Waals surface area contributed by atoms with Crippen molar-refractivity contribution in [1.29, 1.82) is 0 Å². The SMILES string of the molecule is CNC(=O)Cc1nc(C2CCC(N)CC2)n(-c2ccc(Cl)cc2)n1.Cl. The Morgan fingerprint density at radius 2 is 1.92 bits per heavy atom. The summed E-state index contributed by atoms with van der Waals surface area (Å²) in [6.45, 7) is 0. The Balaban J connectivity index is 0.00000225. The number of rotatable bonds is 4. The van der Waals surface area contributed by atoms with Crippen LogP contribution in [0.4, 0.5) is 0 Å². The van der Waals surface area contributed by atoms with E-state index < -0.39 is 0 Å². The maximum Gasteiger partial charge on any atom is 0.227 e. The fourth-order valence-corrected chi connectivity index (χ4v) is 3.22. The fourth-order valence-electron chi connectivity index (χ4n) is 3.09. The third-order valence-electron chi connectivity index (χ3n) is 4.48. The van der Waals surface area contributed by atoms with Gasteiger partial charge in [0.2, 0.25) is 5.91 Å². The smallest absolute Gasteiger partial charge is 0.227 e. The number of carbonyl (C=O) groups is 1. The van der Waals surface area contributed by atoms with E-state index in [9.17, 15) is 4.79 Å². The first kappa shape index (κ1) is 19.7. The molecule has 1 aliphatic carbocycles. The number of carbonyl (C=O) groups excluding carboxylic acids is 1. The van der Waals surface area contributed by atoms with Crippen LogP contribution in [-0.2, 0) is 11.2 Å². The Labute approximate surface area is 158 Å². The first-order chi connectivity index (χ1) is 11.6.